The molecule has 0 saturated heterocycles. The van der Waals surface area contributed by atoms with E-state index in [1.54, 1.807) is 6.20 Å². The molecular weight excluding hydrogens is 216 g/mol. The van der Waals surface area contributed by atoms with Crippen molar-refractivity contribution in [2.75, 3.05) is 18.9 Å². The summed E-state index contributed by atoms with van der Waals surface area (Å²) in [6.45, 7) is 5.00. The maximum absolute atomic E-state index is 11.0. The van der Waals surface area contributed by atoms with Gasteiger partial charge in [-0.2, -0.15) is 0 Å². The van der Waals surface area contributed by atoms with Crippen molar-refractivity contribution in [3.05, 3.63) is 23.9 Å². The highest BCUT2D eigenvalue weighted by atomic mass is 16.1. The number of rotatable bonds is 6. The van der Waals surface area contributed by atoms with Crippen molar-refractivity contribution in [3.63, 3.8) is 0 Å². The molecule has 0 spiro atoms. The average Bonchev–Trinajstić information content (AvgIpc) is 2.28. The Hall–Kier alpha value is -1.62. The van der Waals surface area contributed by atoms with Gasteiger partial charge < -0.3 is 11.1 Å². The molecule has 0 bridgehead atoms. The van der Waals surface area contributed by atoms with Crippen LogP contribution in [0.2, 0.25) is 0 Å². The molecule has 0 aliphatic rings. The van der Waals surface area contributed by atoms with Gasteiger partial charge >= 0.3 is 0 Å². The van der Waals surface area contributed by atoms with Gasteiger partial charge in [-0.25, -0.2) is 4.98 Å². The van der Waals surface area contributed by atoms with E-state index in [-0.39, 0.29) is 18.5 Å². The molecule has 0 saturated carbocycles. The average molecular weight is 236 g/mol. The molecule has 0 fully saturated rings. The molecule has 94 valence electrons. The van der Waals surface area contributed by atoms with Crippen LogP contribution in [-0.4, -0.2) is 35.4 Å². The van der Waals surface area contributed by atoms with Gasteiger partial charge in [-0.15, -0.1) is 0 Å². The fraction of sp³-hybridized carbons (Fsp3) is 0.500. The van der Waals surface area contributed by atoms with E-state index in [1.165, 1.54) is 0 Å². The third-order valence-electron chi connectivity index (χ3n) is 2.59. The lowest BCUT2D eigenvalue weighted by Gasteiger charge is -2.25. The van der Waals surface area contributed by atoms with E-state index in [0.29, 0.717) is 6.54 Å². The van der Waals surface area contributed by atoms with Gasteiger partial charge in [-0.3, -0.25) is 9.69 Å². The summed E-state index contributed by atoms with van der Waals surface area (Å²) in [6, 6.07) is 4.14. The molecule has 0 aromatic carbocycles. The zero-order valence-corrected chi connectivity index (χ0v) is 10.6. The van der Waals surface area contributed by atoms with Crippen molar-refractivity contribution >= 4 is 11.7 Å². The van der Waals surface area contributed by atoms with Gasteiger partial charge in [-0.1, -0.05) is 6.07 Å². The van der Waals surface area contributed by atoms with Gasteiger partial charge in [0.15, 0.2) is 0 Å². The van der Waals surface area contributed by atoms with Gasteiger partial charge in [0.1, 0.15) is 5.82 Å². The summed E-state index contributed by atoms with van der Waals surface area (Å²) in [5, 5.41) is 3.04. The highest BCUT2D eigenvalue weighted by molar-refractivity contribution is 5.76. The summed E-state index contributed by atoms with van der Waals surface area (Å²) in [6.07, 6.45) is 1.74. The highest BCUT2D eigenvalue weighted by Gasteiger charge is 2.14. The highest BCUT2D eigenvalue weighted by Crippen LogP contribution is 2.14. The Bertz CT molecular complexity index is 379. The monoisotopic (exact) mass is 236 g/mol. The topological polar surface area (TPSA) is 71.2 Å². The number of carbonyl (C=O) groups is 1. The molecule has 0 radical (unpaired) electrons. The predicted molar refractivity (Wildman–Crippen MR) is 68.5 cm³/mol. The van der Waals surface area contributed by atoms with Gasteiger partial charge in [0.25, 0.3) is 0 Å². The Labute approximate surface area is 102 Å². The molecule has 3 N–H and O–H groups in total. The van der Waals surface area contributed by atoms with Crippen molar-refractivity contribution < 1.29 is 4.79 Å². The third kappa shape index (κ3) is 4.03. The standard InChI is InChI=1S/C12H20N4O/c1-9(2)16(8-11(13)17)7-10-5-4-6-15-12(10)14-3/h4-6,9H,7-8H2,1-3H3,(H2,13,17)(H,14,15). The second-order valence-electron chi connectivity index (χ2n) is 4.23. The van der Waals surface area contributed by atoms with Crippen LogP contribution >= 0.6 is 0 Å². The van der Waals surface area contributed by atoms with E-state index >= 15 is 0 Å². The van der Waals surface area contributed by atoms with E-state index in [0.717, 1.165) is 11.4 Å². The van der Waals surface area contributed by atoms with E-state index in [1.807, 2.05) is 37.9 Å². The largest absolute Gasteiger partial charge is 0.373 e. The van der Waals surface area contributed by atoms with Crippen LogP contribution < -0.4 is 11.1 Å². The zero-order chi connectivity index (χ0) is 12.8. The molecule has 0 atom stereocenters. The number of aromatic nitrogens is 1. The van der Waals surface area contributed by atoms with E-state index < -0.39 is 0 Å². The Kier molecular flexibility index (Phi) is 4.90. The predicted octanol–water partition coefficient (Wildman–Crippen LogP) is 0.819. The number of carbonyl (C=O) groups excluding carboxylic acids is 1. The smallest absolute Gasteiger partial charge is 0.231 e. The molecule has 0 aliphatic heterocycles. The van der Waals surface area contributed by atoms with Crippen LogP contribution in [0.5, 0.6) is 0 Å². The van der Waals surface area contributed by atoms with Crippen LogP contribution in [0.3, 0.4) is 0 Å². The number of amides is 1. The molecule has 1 amide bonds. The third-order valence-corrected chi connectivity index (χ3v) is 2.59. The first-order chi connectivity index (χ1) is 8.04. The lowest BCUT2D eigenvalue weighted by Crippen LogP contribution is -2.38. The fourth-order valence-electron chi connectivity index (χ4n) is 1.63. The first-order valence-electron chi connectivity index (χ1n) is 5.68. The van der Waals surface area contributed by atoms with Crippen molar-refractivity contribution in [1.29, 1.82) is 0 Å². The van der Waals surface area contributed by atoms with Crippen molar-refractivity contribution in [3.8, 4) is 0 Å². The Morgan fingerprint density at radius 2 is 2.29 bits per heavy atom. The summed E-state index contributed by atoms with van der Waals surface area (Å²) in [4.78, 5) is 17.3. The molecule has 1 heterocycles. The molecule has 5 heteroatoms. The minimum atomic E-state index is -0.311. The normalized spacial score (nSPS) is 10.9. The van der Waals surface area contributed by atoms with Crippen molar-refractivity contribution in [2.45, 2.75) is 26.4 Å². The van der Waals surface area contributed by atoms with E-state index in [2.05, 4.69) is 10.3 Å². The van der Waals surface area contributed by atoms with Gasteiger partial charge in [0.2, 0.25) is 5.91 Å². The summed E-state index contributed by atoms with van der Waals surface area (Å²) < 4.78 is 0. The second-order valence-corrected chi connectivity index (χ2v) is 4.23. The quantitative estimate of drug-likeness (QED) is 0.767. The van der Waals surface area contributed by atoms with Crippen LogP contribution in [-0.2, 0) is 11.3 Å². The van der Waals surface area contributed by atoms with Gasteiger partial charge in [-0.05, 0) is 19.9 Å². The van der Waals surface area contributed by atoms with Crippen LogP contribution in [0.25, 0.3) is 0 Å². The number of nitrogens with zero attached hydrogens (tertiary/aromatic N) is 2. The summed E-state index contributed by atoms with van der Waals surface area (Å²) >= 11 is 0. The number of primary amides is 1. The Morgan fingerprint density at radius 1 is 1.59 bits per heavy atom. The lowest BCUT2D eigenvalue weighted by molar-refractivity contribution is -0.119. The van der Waals surface area contributed by atoms with Crippen LogP contribution in [0.1, 0.15) is 19.4 Å². The maximum atomic E-state index is 11.0. The van der Waals surface area contributed by atoms with E-state index in [9.17, 15) is 4.79 Å². The van der Waals surface area contributed by atoms with Crippen LogP contribution in [0, 0.1) is 0 Å². The SMILES string of the molecule is CNc1ncccc1CN(CC(N)=O)C(C)C. The summed E-state index contributed by atoms with van der Waals surface area (Å²) in [5.74, 6) is 0.524. The summed E-state index contributed by atoms with van der Waals surface area (Å²) in [7, 11) is 1.83. The minimum absolute atomic E-state index is 0.257. The zero-order valence-electron chi connectivity index (χ0n) is 10.6. The minimum Gasteiger partial charge on any atom is -0.373 e. The molecule has 0 aliphatic carbocycles. The van der Waals surface area contributed by atoms with Crippen LogP contribution in [0.4, 0.5) is 5.82 Å². The first kappa shape index (κ1) is 13.4. The number of nitrogens with one attached hydrogen (secondary N) is 1. The molecule has 17 heavy (non-hydrogen) atoms. The number of pyridine rings is 1. The Morgan fingerprint density at radius 3 is 2.82 bits per heavy atom. The Balaban J connectivity index is 2.81. The molecule has 0 unspecified atom stereocenters. The number of hydrogen-bond donors (Lipinski definition) is 2. The number of nitrogens with two attached hydrogens (primary N) is 1. The van der Waals surface area contributed by atoms with Crippen molar-refractivity contribution in [1.82, 2.24) is 9.88 Å². The summed E-state index contributed by atoms with van der Waals surface area (Å²) in [5.41, 5.74) is 6.30. The first-order valence-corrected chi connectivity index (χ1v) is 5.68. The maximum Gasteiger partial charge on any atom is 0.231 e. The molecule has 1 rings (SSSR count). The molecule has 1 aromatic heterocycles. The van der Waals surface area contributed by atoms with Gasteiger partial charge in [0.05, 0.1) is 6.54 Å². The molecular formula is C12H20N4O. The molecule has 5 nitrogen and oxygen atoms in total. The van der Waals surface area contributed by atoms with E-state index in [4.69, 9.17) is 5.73 Å². The van der Waals surface area contributed by atoms with Crippen molar-refractivity contribution in [2.24, 2.45) is 5.73 Å². The second kappa shape index (κ2) is 6.20. The fourth-order valence-corrected chi connectivity index (χ4v) is 1.63. The lowest BCUT2D eigenvalue weighted by atomic mass is 10.2. The number of hydrogen-bond acceptors (Lipinski definition) is 4. The van der Waals surface area contributed by atoms with Crippen LogP contribution in [0.15, 0.2) is 18.3 Å². The van der Waals surface area contributed by atoms with Gasteiger partial charge in [0, 0.05) is 31.4 Å². The number of anilines is 1. The molecule has 1 aromatic rings.